The van der Waals surface area contributed by atoms with Crippen LogP contribution in [-0.4, -0.2) is 11.6 Å². The molecule has 0 amide bonds. The Morgan fingerprint density at radius 2 is 2.16 bits per heavy atom. The number of fused-ring (bicyclic) bond motifs is 1. The number of nitrogens with zero attached hydrogens (tertiary/aromatic N) is 1. The summed E-state index contributed by atoms with van der Waals surface area (Å²) in [6.07, 6.45) is 3.30. The molecule has 1 N–H and O–H groups in total. The van der Waals surface area contributed by atoms with Crippen molar-refractivity contribution in [1.29, 1.82) is 0 Å². The van der Waals surface area contributed by atoms with Gasteiger partial charge in [-0.15, -0.1) is 11.3 Å². The Kier molecular flexibility index (Phi) is 3.67. The minimum Gasteiger partial charge on any atom is -0.347 e. The van der Waals surface area contributed by atoms with E-state index in [0.29, 0.717) is 0 Å². The highest BCUT2D eigenvalue weighted by molar-refractivity contribution is 7.09. The molecule has 0 atom stereocenters. The van der Waals surface area contributed by atoms with Crippen molar-refractivity contribution in [2.75, 3.05) is 7.05 Å². The van der Waals surface area contributed by atoms with Gasteiger partial charge in [-0.05, 0) is 48.0 Å². The van der Waals surface area contributed by atoms with Crippen molar-refractivity contribution in [2.45, 2.75) is 19.5 Å². The highest BCUT2D eigenvalue weighted by Crippen LogP contribution is 2.19. The molecule has 0 bridgehead atoms. The van der Waals surface area contributed by atoms with Crippen molar-refractivity contribution in [1.82, 2.24) is 9.88 Å². The first-order valence-corrected chi connectivity index (χ1v) is 7.49. The van der Waals surface area contributed by atoms with E-state index in [1.165, 1.54) is 21.3 Å². The molecule has 0 fully saturated rings. The third kappa shape index (κ3) is 2.72. The summed E-state index contributed by atoms with van der Waals surface area (Å²) in [5.41, 5.74) is 2.68. The van der Waals surface area contributed by atoms with Crippen LogP contribution < -0.4 is 5.32 Å². The van der Waals surface area contributed by atoms with Crippen LogP contribution in [0, 0.1) is 0 Å². The third-order valence-corrected chi connectivity index (χ3v) is 4.33. The van der Waals surface area contributed by atoms with E-state index < -0.39 is 0 Å². The SMILES string of the molecule is CNCc1ccc2ccn(CCc3cccs3)c2c1. The first-order chi connectivity index (χ1) is 9.36. The Morgan fingerprint density at radius 1 is 1.21 bits per heavy atom. The van der Waals surface area contributed by atoms with Crippen molar-refractivity contribution < 1.29 is 0 Å². The van der Waals surface area contributed by atoms with Gasteiger partial charge in [0.15, 0.2) is 0 Å². The molecule has 1 aromatic carbocycles. The Bertz CT molecular complexity index is 653. The number of aryl methyl sites for hydroxylation is 2. The lowest BCUT2D eigenvalue weighted by Gasteiger charge is -2.06. The monoisotopic (exact) mass is 270 g/mol. The molecule has 0 aliphatic rings. The molecule has 0 radical (unpaired) electrons. The van der Waals surface area contributed by atoms with Gasteiger partial charge in [0.2, 0.25) is 0 Å². The molecule has 3 heteroatoms. The van der Waals surface area contributed by atoms with Gasteiger partial charge in [0.1, 0.15) is 0 Å². The van der Waals surface area contributed by atoms with Gasteiger partial charge >= 0.3 is 0 Å². The third-order valence-electron chi connectivity index (χ3n) is 3.40. The first-order valence-electron chi connectivity index (χ1n) is 6.61. The molecule has 98 valence electrons. The molecular formula is C16H18N2S. The molecule has 19 heavy (non-hydrogen) atoms. The maximum atomic E-state index is 3.21. The summed E-state index contributed by atoms with van der Waals surface area (Å²) in [6, 6.07) is 13.2. The van der Waals surface area contributed by atoms with Crippen molar-refractivity contribution >= 4 is 22.2 Å². The Morgan fingerprint density at radius 3 is 2.95 bits per heavy atom. The molecule has 3 aromatic rings. The topological polar surface area (TPSA) is 17.0 Å². The fourth-order valence-corrected chi connectivity index (χ4v) is 3.12. The largest absolute Gasteiger partial charge is 0.347 e. The van der Waals surface area contributed by atoms with Gasteiger partial charge in [0.25, 0.3) is 0 Å². The molecule has 3 rings (SSSR count). The van der Waals surface area contributed by atoms with Crippen LogP contribution in [0.5, 0.6) is 0 Å². The van der Waals surface area contributed by atoms with Gasteiger partial charge in [-0.3, -0.25) is 0 Å². The van der Waals surface area contributed by atoms with Crippen LogP contribution in [0.2, 0.25) is 0 Å². The Balaban J connectivity index is 1.84. The average Bonchev–Trinajstić information content (AvgIpc) is 3.05. The predicted molar refractivity (Wildman–Crippen MR) is 82.7 cm³/mol. The van der Waals surface area contributed by atoms with Crippen LogP contribution in [0.4, 0.5) is 0 Å². The van der Waals surface area contributed by atoms with E-state index in [4.69, 9.17) is 0 Å². The lowest BCUT2D eigenvalue weighted by atomic mass is 10.1. The number of hydrogen-bond donors (Lipinski definition) is 1. The molecule has 2 nitrogen and oxygen atoms in total. The zero-order valence-corrected chi connectivity index (χ0v) is 11.9. The highest BCUT2D eigenvalue weighted by Gasteiger charge is 2.03. The van der Waals surface area contributed by atoms with E-state index in [-0.39, 0.29) is 0 Å². The predicted octanol–water partition coefficient (Wildman–Crippen LogP) is 3.66. The van der Waals surface area contributed by atoms with E-state index in [1.807, 2.05) is 18.4 Å². The second kappa shape index (κ2) is 5.59. The molecular weight excluding hydrogens is 252 g/mol. The molecule has 0 aliphatic heterocycles. The second-order valence-electron chi connectivity index (χ2n) is 4.76. The average molecular weight is 270 g/mol. The zero-order chi connectivity index (χ0) is 13.1. The summed E-state index contributed by atoms with van der Waals surface area (Å²) in [7, 11) is 1.99. The number of aromatic nitrogens is 1. The summed E-state index contributed by atoms with van der Waals surface area (Å²) in [5, 5.41) is 6.68. The molecule has 0 unspecified atom stereocenters. The van der Waals surface area contributed by atoms with Crippen molar-refractivity contribution in [3.05, 3.63) is 58.4 Å². The molecule has 0 saturated carbocycles. The number of nitrogens with one attached hydrogen (secondary N) is 1. The highest BCUT2D eigenvalue weighted by atomic mass is 32.1. The van der Waals surface area contributed by atoms with E-state index in [1.54, 1.807) is 0 Å². The van der Waals surface area contributed by atoms with Gasteiger partial charge in [0, 0.05) is 29.7 Å². The number of rotatable bonds is 5. The number of benzene rings is 1. The van der Waals surface area contributed by atoms with Crippen LogP contribution in [0.3, 0.4) is 0 Å². The fraction of sp³-hybridized carbons (Fsp3) is 0.250. The number of thiophene rings is 1. The van der Waals surface area contributed by atoms with E-state index >= 15 is 0 Å². The summed E-state index contributed by atoms with van der Waals surface area (Å²) in [6.45, 7) is 1.97. The quantitative estimate of drug-likeness (QED) is 0.748. The summed E-state index contributed by atoms with van der Waals surface area (Å²) in [5.74, 6) is 0. The molecule has 2 heterocycles. The summed E-state index contributed by atoms with van der Waals surface area (Å²) in [4.78, 5) is 1.45. The zero-order valence-electron chi connectivity index (χ0n) is 11.1. The van der Waals surface area contributed by atoms with Crippen LogP contribution in [0.25, 0.3) is 10.9 Å². The van der Waals surface area contributed by atoms with Gasteiger partial charge in [0.05, 0.1) is 0 Å². The van der Waals surface area contributed by atoms with Gasteiger partial charge in [-0.2, -0.15) is 0 Å². The van der Waals surface area contributed by atoms with Gasteiger partial charge in [-0.1, -0.05) is 18.2 Å². The van der Waals surface area contributed by atoms with Crippen LogP contribution >= 0.6 is 11.3 Å². The second-order valence-corrected chi connectivity index (χ2v) is 5.79. The van der Waals surface area contributed by atoms with Crippen molar-refractivity contribution in [3.63, 3.8) is 0 Å². The van der Waals surface area contributed by atoms with Gasteiger partial charge in [-0.25, -0.2) is 0 Å². The van der Waals surface area contributed by atoms with Crippen LogP contribution in [0.1, 0.15) is 10.4 Å². The van der Waals surface area contributed by atoms with E-state index in [9.17, 15) is 0 Å². The minimum atomic E-state index is 0.923. The van der Waals surface area contributed by atoms with E-state index in [2.05, 4.69) is 57.9 Å². The Labute approximate surface area is 117 Å². The molecule has 0 aliphatic carbocycles. The molecule has 0 spiro atoms. The smallest absolute Gasteiger partial charge is 0.0483 e. The Hall–Kier alpha value is -1.58. The fourth-order valence-electron chi connectivity index (χ4n) is 2.42. The van der Waals surface area contributed by atoms with Crippen molar-refractivity contribution in [2.24, 2.45) is 0 Å². The van der Waals surface area contributed by atoms with Gasteiger partial charge < -0.3 is 9.88 Å². The first kappa shape index (κ1) is 12.5. The normalized spacial score (nSPS) is 11.2. The standard InChI is InChI=1S/C16H18N2S/c1-17-12-13-4-5-14-6-8-18(16(14)11-13)9-7-15-3-2-10-19-15/h2-6,8,10-11,17H,7,9,12H2,1H3. The summed E-state index contributed by atoms with van der Waals surface area (Å²) < 4.78 is 2.36. The maximum Gasteiger partial charge on any atom is 0.0483 e. The van der Waals surface area contributed by atoms with Crippen LogP contribution in [0.15, 0.2) is 48.0 Å². The lowest BCUT2D eigenvalue weighted by Crippen LogP contribution is -2.05. The number of hydrogen-bond acceptors (Lipinski definition) is 2. The minimum absolute atomic E-state index is 0.923. The lowest BCUT2D eigenvalue weighted by molar-refractivity contribution is 0.728. The van der Waals surface area contributed by atoms with Crippen LogP contribution in [-0.2, 0) is 19.5 Å². The van der Waals surface area contributed by atoms with Crippen molar-refractivity contribution in [3.8, 4) is 0 Å². The maximum absolute atomic E-state index is 3.21. The van der Waals surface area contributed by atoms with E-state index in [0.717, 1.165) is 19.5 Å². The molecule has 0 saturated heterocycles. The summed E-state index contributed by atoms with van der Waals surface area (Å²) >= 11 is 1.84. The molecule has 2 aromatic heterocycles.